The third kappa shape index (κ3) is 2.01. The number of rotatable bonds is 2. The lowest BCUT2D eigenvalue weighted by atomic mass is 10.2. The fraction of sp³-hybridized carbons (Fsp3) is 0.214. The molecule has 0 aliphatic carbocycles. The molecule has 0 fully saturated rings. The van der Waals surface area contributed by atoms with Crippen LogP contribution in [0.5, 0.6) is 0 Å². The van der Waals surface area contributed by atoms with Gasteiger partial charge in [-0.05, 0) is 24.3 Å². The van der Waals surface area contributed by atoms with E-state index in [0.29, 0.717) is 12.2 Å². The Morgan fingerprint density at radius 2 is 2.11 bits per heavy atom. The molecule has 0 bridgehead atoms. The second kappa shape index (κ2) is 4.64. The van der Waals surface area contributed by atoms with E-state index in [1.54, 1.807) is 12.3 Å². The van der Waals surface area contributed by atoms with E-state index in [9.17, 15) is 4.39 Å². The van der Waals surface area contributed by atoms with Crippen LogP contribution in [-0.2, 0) is 6.54 Å². The number of benzene rings is 1. The molecule has 1 aromatic carbocycles. The molecule has 18 heavy (non-hydrogen) atoms. The Labute approximate surface area is 105 Å². The van der Waals surface area contributed by atoms with E-state index >= 15 is 0 Å². The van der Waals surface area contributed by atoms with Crippen molar-refractivity contribution in [1.82, 2.24) is 4.98 Å². The second-order valence-corrected chi connectivity index (χ2v) is 4.30. The van der Waals surface area contributed by atoms with Crippen LogP contribution in [0.4, 0.5) is 15.8 Å². The predicted octanol–water partition coefficient (Wildman–Crippen LogP) is 2.65. The molecule has 2 heterocycles. The zero-order valence-corrected chi connectivity index (χ0v) is 9.94. The Morgan fingerprint density at radius 1 is 1.22 bits per heavy atom. The molecule has 92 valence electrons. The minimum atomic E-state index is -0.242. The number of fused-ring (bicyclic) bond motifs is 1. The van der Waals surface area contributed by atoms with Crippen molar-refractivity contribution in [2.45, 2.75) is 6.54 Å². The molecule has 0 spiro atoms. The SMILES string of the molecule is Fc1cccnc1CN1CCNc2ccccc21. The summed E-state index contributed by atoms with van der Waals surface area (Å²) in [7, 11) is 0. The minimum Gasteiger partial charge on any atom is -0.382 e. The van der Waals surface area contributed by atoms with E-state index < -0.39 is 0 Å². The number of hydrogen-bond acceptors (Lipinski definition) is 3. The van der Waals surface area contributed by atoms with Gasteiger partial charge in [0.25, 0.3) is 0 Å². The van der Waals surface area contributed by atoms with E-state index in [2.05, 4.69) is 15.2 Å². The van der Waals surface area contributed by atoms with Crippen LogP contribution in [0, 0.1) is 5.82 Å². The number of hydrogen-bond donors (Lipinski definition) is 1. The minimum absolute atomic E-state index is 0.242. The first-order valence-electron chi connectivity index (χ1n) is 6.02. The molecule has 1 aliphatic heterocycles. The predicted molar refractivity (Wildman–Crippen MR) is 70.2 cm³/mol. The van der Waals surface area contributed by atoms with Crippen molar-refractivity contribution >= 4 is 11.4 Å². The number of para-hydroxylation sites is 2. The van der Waals surface area contributed by atoms with E-state index in [0.717, 1.165) is 24.5 Å². The second-order valence-electron chi connectivity index (χ2n) is 4.30. The van der Waals surface area contributed by atoms with Crippen molar-refractivity contribution in [2.75, 3.05) is 23.3 Å². The van der Waals surface area contributed by atoms with Gasteiger partial charge in [0.2, 0.25) is 0 Å². The van der Waals surface area contributed by atoms with Crippen LogP contribution in [0.25, 0.3) is 0 Å². The fourth-order valence-electron chi connectivity index (χ4n) is 2.22. The van der Waals surface area contributed by atoms with Gasteiger partial charge in [0, 0.05) is 19.3 Å². The molecule has 1 aromatic heterocycles. The summed E-state index contributed by atoms with van der Waals surface area (Å²) in [5.74, 6) is -0.242. The van der Waals surface area contributed by atoms with Gasteiger partial charge in [0.15, 0.2) is 0 Å². The summed E-state index contributed by atoms with van der Waals surface area (Å²) in [5.41, 5.74) is 2.70. The van der Waals surface area contributed by atoms with Crippen LogP contribution >= 0.6 is 0 Å². The highest BCUT2D eigenvalue weighted by atomic mass is 19.1. The molecule has 0 saturated carbocycles. The molecule has 0 saturated heterocycles. The van der Waals surface area contributed by atoms with Gasteiger partial charge in [-0.25, -0.2) is 4.39 Å². The summed E-state index contributed by atoms with van der Waals surface area (Å²) in [6, 6.07) is 11.1. The first kappa shape index (κ1) is 11.0. The Morgan fingerprint density at radius 3 is 3.00 bits per heavy atom. The lowest BCUT2D eigenvalue weighted by Crippen LogP contribution is -2.33. The van der Waals surface area contributed by atoms with Gasteiger partial charge in [0.1, 0.15) is 5.82 Å². The molecule has 0 unspecified atom stereocenters. The Bertz CT molecular complexity index is 556. The standard InChI is InChI=1S/C14H14FN3/c15-11-4-3-7-16-13(11)10-18-9-8-17-12-5-1-2-6-14(12)18/h1-7,17H,8-10H2. The van der Waals surface area contributed by atoms with Gasteiger partial charge in [0.05, 0.1) is 23.6 Å². The van der Waals surface area contributed by atoms with Crippen LogP contribution in [0.1, 0.15) is 5.69 Å². The zero-order valence-electron chi connectivity index (χ0n) is 9.94. The summed E-state index contributed by atoms with van der Waals surface area (Å²) in [5, 5.41) is 3.34. The maximum atomic E-state index is 13.6. The molecule has 2 aromatic rings. The van der Waals surface area contributed by atoms with Crippen LogP contribution in [-0.4, -0.2) is 18.1 Å². The lowest BCUT2D eigenvalue weighted by molar-refractivity contribution is 0.592. The third-order valence-corrected chi connectivity index (χ3v) is 3.12. The average Bonchev–Trinajstić information content (AvgIpc) is 2.42. The quantitative estimate of drug-likeness (QED) is 0.879. The number of nitrogens with zero attached hydrogens (tertiary/aromatic N) is 2. The molecule has 3 rings (SSSR count). The van der Waals surface area contributed by atoms with Crippen molar-refractivity contribution in [3.8, 4) is 0 Å². The Balaban J connectivity index is 1.89. The number of halogens is 1. The molecule has 1 N–H and O–H groups in total. The topological polar surface area (TPSA) is 28.2 Å². The van der Waals surface area contributed by atoms with Crippen LogP contribution < -0.4 is 10.2 Å². The number of pyridine rings is 1. The highest BCUT2D eigenvalue weighted by molar-refractivity contribution is 5.71. The maximum absolute atomic E-state index is 13.6. The first-order chi connectivity index (χ1) is 8.84. The monoisotopic (exact) mass is 243 g/mol. The molecule has 0 amide bonds. The number of aromatic nitrogens is 1. The maximum Gasteiger partial charge on any atom is 0.146 e. The molecule has 1 aliphatic rings. The Kier molecular flexibility index (Phi) is 2.84. The summed E-state index contributed by atoms with van der Waals surface area (Å²) in [6.07, 6.45) is 1.63. The van der Waals surface area contributed by atoms with Crippen molar-refractivity contribution < 1.29 is 4.39 Å². The Hall–Kier alpha value is -2.10. The average molecular weight is 243 g/mol. The molecule has 0 radical (unpaired) electrons. The van der Waals surface area contributed by atoms with Crippen LogP contribution in [0.15, 0.2) is 42.6 Å². The lowest BCUT2D eigenvalue weighted by Gasteiger charge is -2.31. The van der Waals surface area contributed by atoms with Gasteiger partial charge in [-0.1, -0.05) is 12.1 Å². The van der Waals surface area contributed by atoms with E-state index in [1.165, 1.54) is 6.07 Å². The van der Waals surface area contributed by atoms with Gasteiger partial charge in [-0.15, -0.1) is 0 Å². The van der Waals surface area contributed by atoms with E-state index in [1.807, 2.05) is 24.3 Å². The summed E-state index contributed by atoms with van der Waals surface area (Å²) >= 11 is 0. The summed E-state index contributed by atoms with van der Waals surface area (Å²) in [4.78, 5) is 6.26. The third-order valence-electron chi connectivity index (χ3n) is 3.12. The van der Waals surface area contributed by atoms with E-state index in [4.69, 9.17) is 0 Å². The smallest absolute Gasteiger partial charge is 0.146 e. The molecule has 4 heteroatoms. The molecular weight excluding hydrogens is 229 g/mol. The normalized spacial score (nSPS) is 13.9. The van der Waals surface area contributed by atoms with Crippen molar-refractivity contribution in [2.24, 2.45) is 0 Å². The first-order valence-corrected chi connectivity index (χ1v) is 6.02. The molecule has 3 nitrogen and oxygen atoms in total. The van der Waals surface area contributed by atoms with Gasteiger partial charge in [-0.2, -0.15) is 0 Å². The fourth-order valence-corrected chi connectivity index (χ4v) is 2.22. The van der Waals surface area contributed by atoms with Crippen LogP contribution in [0.2, 0.25) is 0 Å². The van der Waals surface area contributed by atoms with Crippen molar-refractivity contribution in [3.63, 3.8) is 0 Å². The molecular formula is C14H14FN3. The zero-order chi connectivity index (χ0) is 12.4. The number of anilines is 2. The van der Waals surface area contributed by atoms with E-state index in [-0.39, 0.29) is 5.82 Å². The largest absolute Gasteiger partial charge is 0.382 e. The highest BCUT2D eigenvalue weighted by Crippen LogP contribution is 2.29. The molecule has 0 atom stereocenters. The number of nitrogens with one attached hydrogen (secondary N) is 1. The van der Waals surface area contributed by atoms with Crippen LogP contribution in [0.3, 0.4) is 0 Å². The highest BCUT2D eigenvalue weighted by Gasteiger charge is 2.17. The van der Waals surface area contributed by atoms with Gasteiger partial charge >= 0.3 is 0 Å². The van der Waals surface area contributed by atoms with Gasteiger partial charge in [-0.3, -0.25) is 4.98 Å². The van der Waals surface area contributed by atoms with Crippen molar-refractivity contribution in [1.29, 1.82) is 0 Å². The van der Waals surface area contributed by atoms with Crippen molar-refractivity contribution in [3.05, 3.63) is 54.1 Å². The summed E-state index contributed by atoms with van der Waals surface area (Å²) < 4.78 is 13.6. The van der Waals surface area contributed by atoms with Gasteiger partial charge < -0.3 is 10.2 Å². The summed E-state index contributed by atoms with van der Waals surface area (Å²) in [6.45, 7) is 2.23.